The maximum absolute atomic E-state index is 11.1. The lowest BCUT2D eigenvalue weighted by molar-refractivity contribution is -0.147. The lowest BCUT2D eigenvalue weighted by Gasteiger charge is -2.24. The van der Waals surface area contributed by atoms with E-state index in [1.54, 1.807) is 13.8 Å². The Hall–Kier alpha value is -0.870. The van der Waals surface area contributed by atoms with Crippen molar-refractivity contribution < 1.29 is 9.90 Å². The van der Waals surface area contributed by atoms with Crippen LogP contribution < -0.4 is 5.73 Å². The summed E-state index contributed by atoms with van der Waals surface area (Å²) in [5.41, 5.74) is 7.37. The van der Waals surface area contributed by atoms with E-state index in [-0.39, 0.29) is 6.04 Å². The van der Waals surface area contributed by atoms with E-state index < -0.39 is 11.4 Å². The van der Waals surface area contributed by atoms with Gasteiger partial charge in [-0.15, -0.1) is 0 Å². The lowest BCUT2D eigenvalue weighted by Crippen LogP contribution is -2.29. The number of benzene rings is 1. The van der Waals surface area contributed by atoms with Crippen molar-refractivity contribution >= 4 is 21.9 Å². The van der Waals surface area contributed by atoms with E-state index in [1.165, 1.54) is 0 Å². The molecule has 1 unspecified atom stereocenters. The summed E-state index contributed by atoms with van der Waals surface area (Å²) < 4.78 is 0.960. The highest BCUT2D eigenvalue weighted by atomic mass is 79.9. The predicted molar refractivity (Wildman–Crippen MR) is 71.8 cm³/mol. The second-order valence-electron chi connectivity index (χ2n) is 5.00. The Morgan fingerprint density at radius 1 is 1.53 bits per heavy atom. The van der Waals surface area contributed by atoms with Gasteiger partial charge in [-0.2, -0.15) is 0 Å². The molecule has 17 heavy (non-hydrogen) atoms. The smallest absolute Gasteiger partial charge is 0.309 e. The summed E-state index contributed by atoms with van der Waals surface area (Å²) in [5, 5.41) is 9.10. The number of aliphatic carboxylic acids is 1. The van der Waals surface area contributed by atoms with Crippen molar-refractivity contribution in [2.24, 2.45) is 11.1 Å². The molecule has 3 N–H and O–H groups in total. The zero-order valence-electron chi connectivity index (χ0n) is 10.3. The minimum absolute atomic E-state index is 0.265. The summed E-state index contributed by atoms with van der Waals surface area (Å²) in [6.45, 7) is 5.38. The Labute approximate surface area is 110 Å². The highest BCUT2D eigenvalue weighted by molar-refractivity contribution is 9.10. The van der Waals surface area contributed by atoms with Gasteiger partial charge in [0, 0.05) is 10.5 Å². The second kappa shape index (κ2) is 5.19. The summed E-state index contributed by atoms with van der Waals surface area (Å²) in [7, 11) is 0. The van der Waals surface area contributed by atoms with Crippen LogP contribution in [0.5, 0.6) is 0 Å². The average molecular weight is 300 g/mol. The van der Waals surface area contributed by atoms with Crippen LogP contribution in [0.3, 0.4) is 0 Å². The molecule has 1 aromatic rings. The Kier molecular flexibility index (Phi) is 4.33. The van der Waals surface area contributed by atoms with Crippen LogP contribution in [-0.4, -0.2) is 11.1 Å². The summed E-state index contributed by atoms with van der Waals surface area (Å²) in [6, 6.07) is 5.62. The number of carboxylic acid groups (broad SMARTS) is 1. The molecule has 0 aromatic heterocycles. The topological polar surface area (TPSA) is 63.3 Å². The number of rotatable bonds is 4. The lowest BCUT2D eigenvalue weighted by atomic mass is 9.83. The minimum atomic E-state index is -0.819. The first-order valence-corrected chi connectivity index (χ1v) is 6.28. The summed E-state index contributed by atoms with van der Waals surface area (Å²) in [5.74, 6) is -0.819. The van der Waals surface area contributed by atoms with E-state index in [4.69, 9.17) is 10.8 Å². The monoisotopic (exact) mass is 299 g/mol. The van der Waals surface area contributed by atoms with Gasteiger partial charge >= 0.3 is 5.97 Å². The van der Waals surface area contributed by atoms with Crippen molar-refractivity contribution in [3.8, 4) is 0 Å². The van der Waals surface area contributed by atoms with Gasteiger partial charge in [-0.3, -0.25) is 4.79 Å². The molecule has 0 amide bonds. The fourth-order valence-corrected chi connectivity index (χ4v) is 2.14. The molecule has 0 bridgehead atoms. The molecule has 3 nitrogen and oxygen atoms in total. The molecular formula is C13H18BrNO2. The number of nitrogens with two attached hydrogens (primary N) is 1. The molecule has 0 aliphatic carbocycles. The standard InChI is InChI=1S/C13H18BrNO2/c1-8-4-5-9(14)6-10(8)11(15)7-13(2,3)12(16)17/h4-6,11H,7,15H2,1-3H3,(H,16,17). The van der Waals surface area contributed by atoms with Gasteiger partial charge in [-0.05, 0) is 50.5 Å². The number of halogens is 1. The first-order chi connectivity index (χ1) is 7.74. The van der Waals surface area contributed by atoms with Gasteiger partial charge in [0.2, 0.25) is 0 Å². The van der Waals surface area contributed by atoms with Crippen molar-refractivity contribution in [3.63, 3.8) is 0 Å². The largest absolute Gasteiger partial charge is 0.481 e. The number of hydrogen-bond donors (Lipinski definition) is 2. The van der Waals surface area contributed by atoms with E-state index in [9.17, 15) is 4.79 Å². The van der Waals surface area contributed by atoms with Crippen molar-refractivity contribution in [1.29, 1.82) is 0 Å². The maximum atomic E-state index is 11.1. The van der Waals surface area contributed by atoms with Crippen LogP contribution >= 0.6 is 15.9 Å². The molecule has 0 saturated carbocycles. The van der Waals surface area contributed by atoms with E-state index in [2.05, 4.69) is 15.9 Å². The molecule has 0 spiro atoms. The number of aryl methyl sites for hydroxylation is 1. The quantitative estimate of drug-likeness (QED) is 0.897. The van der Waals surface area contributed by atoms with Gasteiger partial charge in [0.1, 0.15) is 0 Å². The molecular weight excluding hydrogens is 282 g/mol. The van der Waals surface area contributed by atoms with Gasteiger partial charge in [-0.1, -0.05) is 22.0 Å². The molecule has 4 heteroatoms. The van der Waals surface area contributed by atoms with E-state index in [0.29, 0.717) is 6.42 Å². The molecule has 0 aliphatic heterocycles. The van der Waals surface area contributed by atoms with Crippen LogP contribution in [0.1, 0.15) is 37.4 Å². The van der Waals surface area contributed by atoms with E-state index >= 15 is 0 Å². The van der Waals surface area contributed by atoms with Crippen LogP contribution in [0.15, 0.2) is 22.7 Å². The second-order valence-corrected chi connectivity index (χ2v) is 5.92. The minimum Gasteiger partial charge on any atom is -0.481 e. The first kappa shape index (κ1) is 14.2. The van der Waals surface area contributed by atoms with Gasteiger partial charge in [0.25, 0.3) is 0 Å². The molecule has 1 atom stereocenters. The Bertz CT molecular complexity index is 429. The fourth-order valence-electron chi connectivity index (χ4n) is 1.76. The van der Waals surface area contributed by atoms with Crippen LogP contribution in [-0.2, 0) is 4.79 Å². The van der Waals surface area contributed by atoms with Crippen molar-refractivity contribution in [2.75, 3.05) is 0 Å². The van der Waals surface area contributed by atoms with Gasteiger partial charge in [0.15, 0.2) is 0 Å². The van der Waals surface area contributed by atoms with E-state index in [1.807, 2.05) is 25.1 Å². The normalized spacial score (nSPS) is 13.5. The molecule has 0 fully saturated rings. The highest BCUT2D eigenvalue weighted by Gasteiger charge is 2.30. The SMILES string of the molecule is Cc1ccc(Br)cc1C(N)CC(C)(C)C(=O)O. The molecule has 0 aliphatic rings. The third kappa shape index (κ3) is 3.54. The number of carbonyl (C=O) groups is 1. The van der Waals surface area contributed by atoms with Crippen molar-refractivity contribution in [1.82, 2.24) is 0 Å². The Balaban J connectivity index is 2.94. The van der Waals surface area contributed by atoms with Gasteiger partial charge in [0.05, 0.1) is 5.41 Å². The van der Waals surface area contributed by atoms with Gasteiger partial charge in [-0.25, -0.2) is 0 Å². The van der Waals surface area contributed by atoms with Crippen LogP contribution in [0.4, 0.5) is 0 Å². The van der Waals surface area contributed by atoms with Crippen molar-refractivity contribution in [2.45, 2.75) is 33.2 Å². The predicted octanol–water partition coefficient (Wildman–Crippen LogP) is 3.26. The average Bonchev–Trinajstić information content (AvgIpc) is 2.20. The van der Waals surface area contributed by atoms with Crippen LogP contribution in [0.25, 0.3) is 0 Å². The van der Waals surface area contributed by atoms with Gasteiger partial charge < -0.3 is 10.8 Å². The Morgan fingerprint density at radius 2 is 2.12 bits per heavy atom. The third-order valence-corrected chi connectivity index (χ3v) is 3.44. The molecule has 94 valence electrons. The summed E-state index contributed by atoms with van der Waals surface area (Å²) >= 11 is 3.40. The zero-order chi connectivity index (χ0) is 13.2. The fraction of sp³-hybridized carbons (Fsp3) is 0.462. The van der Waals surface area contributed by atoms with Crippen LogP contribution in [0, 0.1) is 12.3 Å². The molecule has 1 rings (SSSR count). The molecule has 0 heterocycles. The molecule has 0 radical (unpaired) electrons. The van der Waals surface area contributed by atoms with Crippen LogP contribution in [0.2, 0.25) is 0 Å². The molecule has 0 saturated heterocycles. The third-order valence-electron chi connectivity index (χ3n) is 2.95. The summed E-state index contributed by atoms with van der Waals surface area (Å²) in [4.78, 5) is 11.1. The number of carboxylic acids is 1. The highest BCUT2D eigenvalue weighted by Crippen LogP contribution is 2.31. The van der Waals surface area contributed by atoms with E-state index in [0.717, 1.165) is 15.6 Å². The number of hydrogen-bond acceptors (Lipinski definition) is 2. The summed E-state index contributed by atoms with van der Waals surface area (Å²) in [6.07, 6.45) is 0.416. The zero-order valence-corrected chi connectivity index (χ0v) is 11.9. The molecule has 1 aromatic carbocycles. The Morgan fingerprint density at radius 3 is 2.65 bits per heavy atom. The maximum Gasteiger partial charge on any atom is 0.309 e. The van der Waals surface area contributed by atoms with Crippen molar-refractivity contribution in [3.05, 3.63) is 33.8 Å². The first-order valence-electron chi connectivity index (χ1n) is 5.49.